The van der Waals surface area contributed by atoms with Crippen molar-refractivity contribution in [1.29, 1.82) is 0 Å². The molecule has 4 rings (SSSR count). The molecule has 0 saturated heterocycles. The maximum atomic E-state index is 13.3. The van der Waals surface area contributed by atoms with Crippen molar-refractivity contribution < 1.29 is 0 Å². The molecule has 0 aliphatic carbocycles. The Balaban J connectivity index is 1.87. The summed E-state index contributed by atoms with van der Waals surface area (Å²) in [7, 11) is 0. The van der Waals surface area contributed by atoms with E-state index in [-0.39, 0.29) is 5.56 Å². The first-order valence-electron chi connectivity index (χ1n) is 8.69. The number of para-hydroxylation sites is 1. The zero-order valence-electron chi connectivity index (χ0n) is 15.0. The number of nitrogens with zero attached hydrogens (tertiary/aromatic N) is 2. The Labute approximate surface area is 176 Å². The third-order valence-corrected chi connectivity index (χ3v) is 6.25. The van der Waals surface area contributed by atoms with Crippen molar-refractivity contribution in [3.8, 4) is 5.69 Å². The van der Waals surface area contributed by atoms with Crippen molar-refractivity contribution in [3.05, 3.63) is 98.3 Å². The van der Waals surface area contributed by atoms with E-state index >= 15 is 0 Å². The number of aryl methyl sites for hydroxylation is 1. The molecule has 0 unspecified atom stereocenters. The van der Waals surface area contributed by atoms with Crippen LogP contribution in [0.15, 0.2) is 76.7 Å². The second-order valence-corrected chi connectivity index (χ2v) is 8.12. The summed E-state index contributed by atoms with van der Waals surface area (Å²) in [5.74, 6) is 0.707. The molecule has 1 heterocycles. The van der Waals surface area contributed by atoms with Gasteiger partial charge in [0.1, 0.15) is 0 Å². The third-order valence-electron chi connectivity index (χ3n) is 4.52. The lowest BCUT2D eigenvalue weighted by atomic mass is 10.1. The first kappa shape index (κ1) is 19.1. The molecule has 0 fully saturated rings. The van der Waals surface area contributed by atoms with E-state index in [2.05, 4.69) is 19.1 Å². The van der Waals surface area contributed by atoms with Crippen molar-refractivity contribution in [1.82, 2.24) is 9.55 Å². The maximum Gasteiger partial charge on any atom is 0.266 e. The predicted molar refractivity (Wildman–Crippen MR) is 118 cm³/mol. The number of fused-ring (bicyclic) bond motifs is 1. The van der Waals surface area contributed by atoms with Gasteiger partial charge >= 0.3 is 0 Å². The molecule has 0 aliphatic heterocycles. The number of halogens is 2. The Bertz CT molecular complexity index is 1240. The van der Waals surface area contributed by atoms with E-state index in [1.165, 1.54) is 22.9 Å². The molecule has 0 N–H and O–H groups in total. The van der Waals surface area contributed by atoms with E-state index in [1.807, 2.05) is 30.3 Å². The summed E-state index contributed by atoms with van der Waals surface area (Å²) in [6.45, 7) is 2.08. The number of hydrogen-bond donors (Lipinski definition) is 0. The molecule has 28 heavy (non-hydrogen) atoms. The van der Waals surface area contributed by atoms with Crippen LogP contribution in [0.2, 0.25) is 10.0 Å². The van der Waals surface area contributed by atoms with Gasteiger partial charge in [0.05, 0.1) is 26.6 Å². The molecule has 6 heteroatoms. The molecule has 0 radical (unpaired) electrons. The zero-order valence-corrected chi connectivity index (χ0v) is 17.4. The minimum Gasteiger partial charge on any atom is -0.268 e. The molecule has 0 amide bonds. The molecule has 3 nitrogen and oxygen atoms in total. The highest BCUT2D eigenvalue weighted by Crippen LogP contribution is 2.29. The fraction of sp³-hybridized carbons (Fsp3) is 0.0909. The van der Waals surface area contributed by atoms with Crippen LogP contribution in [0.5, 0.6) is 0 Å². The van der Waals surface area contributed by atoms with Gasteiger partial charge in [0, 0.05) is 5.75 Å². The van der Waals surface area contributed by atoms with Gasteiger partial charge in [-0.25, -0.2) is 4.98 Å². The van der Waals surface area contributed by atoms with E-state index in [9.17, 15) is 4.79 Å². The highest BCUT2D eigenvalue weighted by Gasteiger charge is 2.14. The van der Waals surface area contributed by atoms with Crippen molar-refractivity contribution in [2.24, 2.45) is 0 Å². The summed E-state index contributed by atoms with van der Waals surface area (Å²) < 4.78 is 1.60. The van der Waals surface area contributed by atoms with Crippen LogP contribution in [-0.2, 0) is 5.75 Å². The summed E-state index contributed by atoms with van der Waals surface area (Å²) in [5, 5.41) is 2.02. The fourth-order valence-corrected chi connectivity index (χ4v) is 4.36. The number of rotatable bonds is 4. The molecule has 0 spiro atoms. The second kappa shape index (κ2) is 8.00. The van der Waals surface area contributed by atoms with Gasteiger partial charge in [0.15, 0.2) is 5.16 Å². The van der Waals surface area contributed by atoms with Crippen LogP contribution in [0, 0.1) is 6.92 Å². The van der Waals surface area contributed by atoms with Gasteiger partial charge in [0.2, 0.25) is 0 Å². The van der Waals surface area contributed by atoms with Crippen LogP contribution >= 0.6 is 35.0 Å². The largest absolute Gasteiger partial charge is 0.268 e. The third kappa shape index (κ3) is 3.68. The molecule has 0 atom stereocenters. The maximum absolute atomic E-state index is 13.3. The molecule has 4 aromatic rings. The van der Waals surface area contributed by atoms with Gasteiger partial charge in [-0.05, 0) is 48.4 Å². The van der Waals surface area contributed by atoms with Gasteiger partial charge in [-0.1, -0.05) is 71.4 Å². The minimum absolute atomic E-state index is 0.128. The number of benzene rings is 3. The Hall–Kier alpha value is -2.27. The zero-order chi connectivity index (χ0) is 19.7. The van der Waals surface area contributed by atoms with E-state index in [4.69, 9.17) is 28.2 Å². The summed E-state index contributed by atoms with van der Waals surface area (Å²) in [6, 6.07) is 20.7. The van der Waals surface area contributed by atoms with Crippen molar-refractivity contribution in [3.63, 3.8) is 0 Å². The van der Waals surface area contributed by atoms with Crippen LogP contribution in [0.4, 0.5) is 0 Å². The Morgan fingerprint density at radius 3 is 2.50 bits per heavy atom. The van der Waals surface area contributed by atoms with Gasteiger partial charge < -0.3 is 0 Å². The number of hydrogen-bond acceptors (Lipinski definition) is 3. The lowest BCUT2D eigenvalue weighted by Gasteiger charge is -2.14. The lowest BCUT2D eigenvalue weighted by molar-refractivity contribution is 0.819. The van der Waals surface area contributed by atoms with E-state index in [0.717, 1.165) is 0 Å². The molecule has 0 aliphatic rings. The average molecular weight is 427 g/mol. The standard InChI is InChI=1S/C22H16Cl2N2OS/c1-14-6-2-3-7-15(14)13-28-22-25-20-9-5-4-8-17(20)21(27)26(22)16-10-11-18(23)19(24)12-16/h2-12H,13H2,1H3. The summed E-state index contributed by atoms with van der Waals surface area (Å²) in [5.41, 5.74) is 3.60. The summed E-state index contributed by atoms with van der Waals surface area (Å²) >= 11 is 13.8. The quantitative estimate of drug-likeness (QED) is 0.284. The highest BCUT2D eigenvalue weighted by atomic mass is 35.5. The normalized spacial score (nSPS) is 11.1. The van der Waals surface area contributed by atoms with Gasteiger partial charge in [0.25, 0.3) is 5.56 Å². The molecule has 1 aromatic heterocycles. The van der Waals surface area contributed by atoms with Gasteiger partial charge in [-0.15, -0.1) is 0 Å². The molecular weight excluding hydrogens is 411 g/mol. The smallest absolute Gasteiger partial charge is 0.266 e. The number of aromatic nitrogens is 2. The Morgan fingerprint density at radius 2 is 1.71 bits per heavy atom. The Kier molecular flexibility index (Phi) is 5.44. The van der Waals surface area contributed by atoms with Crippen molar-refractivity contribution >= 4 is 45.9 Å². The highest BCUT2D eigenvalue weighted by molar-refractivity contribution is 7.98. The predicted octanol–water partition coefficient (Wildman–Crippen LogP) is 6.29. The van der Waals surface area contributed by atoms with Crippen LogP contribution in [-0.4, -0.2) is 9.55 Å². The topological polar surface area (TPSA) is 34.9 Å². The SMILES string of the molecule is Cc1ccccc1CSc1nc2ccccc2c(=O)n1-c1ccc(Cl)c(Cl)c1. The van der Waals surface area contributed by atoms with Crippen LogP contribution in [0.1, 0.15) is 11.1 Å². The first-order chi connectivity index (χ1) is 13.5. The molecule has 3 aromatic carbocycles. The van der Waals surface area contributed by atoms with Crippen LogP contribution < -0.4 is 5.56 Å². The van der Waals surface area contributed by atoms with Crippen LogP contribution in [0.25, 0.3) is 16.6 Å². The van der Waals surface area contributed by atoms with E-state index in [0.29, 0.717) is 37.5 Å². The number of thioether (sulfide) groups is 1. The van der Waals surface area contributed by atoms with Crippen LogP contribution in [0.3, 0.4) is 0 Å². The summed E-state index contributed by atoms with van der Waals surface area (Å²) in [4.78, 5) is 18.0. The molecular formula is C22H16Cl2N2OS. The monoisotopic (exact) mass is 426 g/mol. The fourth-order valence-electron chi connectivity index (χ4n) is 2.98. The Morgan fingerprint density at radius 1 is 0.964 bits per heavy atom. The van der Waals surface area contributed by atoms with Gasteiger partial charge in [-0.3, -0.25) is 9.36 Å². The lowest BCUT2D eigenvalue weighted by Crippen LogP contribution is -2.21. The first-order valence-corrected chi connectivity index (χ1v) is 10.4. The van der Waals surface area contributed by atoms with E-state index in [1.54, 1.807) is 28.8 Å². The van der Waals surface area contributed by atoms with Crippen molar-refractivity contribution in [2.45, 2.75) is 17.8 Å². The summed E-state index contributed by atoms with van der Waals surface area (Å²) in [6.07, 6.45) is 0. The van der Waals surface area contributed by atoms with Gasteiger partial charge in [-0.2, -0.15) is 0 Å². The molecule has 0 saturated carbocycles. The van der Waals surface area contributed by atoms with Crippen molar-refractivity contribution in [2.75, 3.05) is 0 Å². The van der Waals surface area contributed by atoms with E-state index < -0.39 is 0 Å². The average Bonchev–Trinajstić information content (AvgIpc) is 2.70. The molecule has 0 bridgehead atoms. The molecule has 140 valence electrons. The minimum atomic E-state index is -0.128. The second-order valence-electron chi connectivity index (χ2n) is 6.37.